The first-order valence-corrected chi connectivity index (χ1v) is 8.62. The van der Waals surface area contributed by atoms with Crippen LogP contribution in [0.5, 0.6) is 5.75 Å². The molecule has 0 unspecified atom stereocenters. The second-order valence-corrected chi connectivity index (χ2v) is 6.74. The van der Waals surface area contributed by atoms with Gasteiger partial charge in [0.1, 0.15) is 24.1 Å². The van der Waals surface area contributed by atoms with E-state index in [-0.39, 0.29) is 29.7 Å². The van der Waals surface area contributed by atoms with Crippen molar-refractivity contribution < 1.29 is 34.4 Å². The fourth-order valence-corrected chi connectivity index (χ4v) is 3.16. The summed E-state index contributed by atoms with van der Waals surface area (Å²) < 4.78 is 10.9. The second-order valence-electron chi connectivity index (χ2n) is 6.74. The van der Waals surface area contributed by atoms with Gasteiger partial charge in [-0.15, -0.1) is 0 Å². The summed E-state index contributed by atoms with van der Waals surface area (Å²) in [5.74, 6) is -1.44. The first-order chi connectivity index (χ1) is 12.8. The summed E-state index contributed by atoms with van der Waals surface area (Å²) in [5.41, 5.74) is 0.653. The Morgan fingerprint density at radius 1 is 1.26 bits per heavy atom. The Morgan fingerprint density at radius 2 is 2.00 bits per heavy atom. The second kappa shape index (κ2) is 7.59. The Balaban J connectivity index is 2.00. The Hall–Kier alpha value is -2.55. The minimum atomic E-state index is -1.58. The highest BCUT2D eigenvalue weighted by molar-refractivity contribution is 6.01. The fraction of sp³-hybridized carbons (Fsp3) is 0.421. The van der Waals surface area contributed by atoms with Crippen molar-refractivity contribution in [2.75, 3.05) is 0 Å². The lowest BCUT2D eigenvalue weighted by Crippen LogP contribution is -2.34. The fourth-order valence-electron chi connectivity index (χ4n) is 3.16. The zero-order valence-electron chi connectivity index (χ0n) is 14.7. The molecule has 0 saturated carbocycles. The molecule has 1 saturated heterocycles. The van der Waals surface area contributed by atoms with Gasteiger partial charge in [0.25, 0.3) is 0 Å². The number of ether oxygens (including phenoxy) is 2. The van der Waals surface area contributed by atoms with Crippen molar-refractivity contribution in [3.63, 3.8) is 0 Å². The van der Waals surface area contributed by atoms with Crippen LogP contribution in [0.3, 0.4) is 0 Å². The molecule has 0 aliphatic carbocycles. The minimum absolute atomic E-state index is 0.0219. The number of benzene rings is 1. The number of cyclic esters (lactones) is 1. The van der Waals surface area contributed by atoms with Crippen LogP contribution >= 0.6 is 0 Å². The van der Waals surface area contributed by atoms with E-state index in [1.807, 2.05) is 0 Å². The molecule has 0 bridgehead atoms. The highest BCUT2D eigenvalue weighted by atomic mass is 16.6. The van der Waals surface area contributed by atoms with Crippen LogP contribution in [0.1, 0.15) is 47.4 Å². The number of hydrogen-bond donors (Lipinski definition) is 4. The molecule has 27 heavy (non-hydrogen) atoms. The molecule has 1 aromatic rings. The largest absolute Gasteiger partial charge is 0.508 e. The van der Waals surface area contributed by atoms with Gasteiger partial charge < -0.3 is 30.2 Å². The van der Waals surface area contributed by atoms with Crippen LogP contribution in [0.2, 0.25) is 0 Å². The molecular formula is C19H21NO7. The van der Waals surface area contributed by atoms with Gasteiger partial charge in [0, 0.05) is 30.2 Å². The van der Waals surface area contributed by atoms with E-state index in [2.05, 4.69) is 0 Å². The van der Waals surface area contributed by atoms with Crippen LogP contribution in [-0.4, -0.2) is 57.7 Å². The number of carbonyl (C=O) groups is 2. The summed E-state index contributed by atoms with van der Waals surface area (Å²) >= 11 is 0. The Bertz CT molecular complexity index is 803. The summed E-state index contributed by atoms with van der Waals surface area (Å²) in [6.45, 7) is 1.64. The molecular weight excluding hydrogens is 354 g/mol. The molecule has 4 N–H and O–H groups in total. The molecule has 8 nitrogen and oxygen atoms in total. The minimum Gasteiger partial charge on any atom is -0.508 e. The van der Waals surface area contributed by atoms with Crippen LogP contribution in [0.4, 0.5) is 0 Å². The van der Waals surface area contributed by atoms with Crippen LogP contribution in [0.25, 0.3) is 0 Å². The number of rotatable bonds is 1. The van der Waals surface area contributed by atoms with E-state index in [1.54, 1.807) is 6.92 Å². The average molecular weight is 375 g/mol. The molecule has 144 valence electrons. The first kappa shape index (κ1) is 19.2. The summed E-state index contributed by atoms with van der Waals surface area (Å²) in [4.78, 5) is 24.6. The van der Waals surface area contributed by atoms with Gasteiger partial charge in [-0.25, -0.2) is 4.79 Å². The predicted octanol–water partition coefficient (Wildman–Crippen LogP) is 1.02. The van der Waals surface area contributed by atoms with Gasteiger partial charge in [0.15, 0.2) is 5.78 Å². The lowest BCUT2D eigenvalue weighted by atomic mass is 9.94. The predicted molar refractivity (Wildman–Crippen MR) is 93.9 cm³/mol. The van der Waals surface area contributed by atoms with Crippen molar-refractivity contribution in [2.45, 2.75) is 50.3 Å². The molecule has 8 heteroatoms. The smallest absolute Gasteiger partial charge is 0.339 e. The van der Waals surface area contributed by atoms with Crippen LogP contribution in [0.15, 0.2) is 24.3 Å². The third-order valence-electron chi connectivity index (χ3n) is 4.62. The third-order valence-corrected chi connectivity index (χ3v) is 4.62. The molecule has 0 amide bonds. The number of ketones is 1. The normalized spacial score (nSPS) is 32.5. The molecule has 0 aromatic heterocycles. The maximum Gasteiger partial charge on any atom is 0.339 e. The summed E-state index contributed by atoms with van der Waals surface area (Å²) in [5, 5.41) is 37.5. The Morgan fingerprint density at radius 3 is 2.70 bits per heavy atom. The van der Waals surface area contributed by atoms with E-state index in [0.29, 0.717) is 5.56 Å². The first-order valence-electron chi connectivity index (χ1n) is 8.62. The van der Waals surface area contributed by atoms with Crippen molar-refractivity contribution >= 4 is 18.0 Å². The van der Waals surface area contributed by atoms with Gasteiger partial charge in [0.05, 0.1) is 17.8 Å². The quantitative estimate of drug-likeness (QED) is 0.326. The average Bonchev–Trinajstić information content (AvgIpc) is 3.37. The van der Waals surface area contributed by atoms with Crippen molar-refractivity contribution in [1.82, 2.24) is 0 Å². The topological polar surface area (TPSA) is 140 Å². The SMILES string of the molecule is C[C@H]1C/C=C\C(=O)[C@@H](O)[C@@H](O)C[C@H]2O[C@@H]2c2cc(O)cc(C=N)c2C(=O)O1. The van der Waals surface area contributed by atoms with Gasteiger partial charge in [-0.05, 0) is 25.1 Å². The number of aliphatic hydroxyl groups is 2. The van der Waals surface area contributed by atoms with Crippen LogP contribution < -0.4 is 0 Å². The van der Waals surface area contributed by atoms with Crippen molar-refractivity contribution in [2.24, 2.45) is 0 Å². The van der Waals surface area contributed by atoms with Crippen LogP contribution in [-0.2, 0) is 14.3 Å². The summed E-state index contributed by atoms with van der Waals surface area (Å²) in [7, 11) is 0. The van der Waals surface area contributed by atoms with E-state index in [4.69, 9.17) is 14.9 Å². The number of hydrogen-bond acceptors (Lipinski definition) is 8. The van der Waals surface area contributed by atoms with E-state index in [0.717, 1.165) is 12.3 Å². The molecule has 2 heterocycles. The summed E-state index contributed by atoms with van der Waals surface area (Å²) in [6, 6.07) is 2.65. The van der Waals surface area contributed by atoms with Crippen molar-refractivity contribution in [3.8, 4) is 5.75 Å². The summed E-state index contributed by atoms with van der Waals surface area (Å²) in [6.07, 6.45) is -0.854. The van der Waals surface area contributed by atoms with Crippen molar-refractivity contribution in [3.05, 3.63) is 41.0 Å². The molecule has 2 aliphatic heterocycles. The molecule has 3 rings (SSSR count). The number of nitrogens with one attached hydrogen (secondary N) is 1. The van der Waals surface area contributed by atoms with E-state index >= 15 is 0 Å². The number of aromatic hydroxyl groups is 1. The van der Waals surface area contributed by atoms with Crippen LogP contribution in [0, 0.1) is 5.41 Å². The van der Waals surface area contributed by atoms with E-state index < -0.39 is 42.3 Å². The lowest BCUT2D eigenvalue weighted by Gasteiger charge is -2.17. The highest BCUT2D eigenvalue weighted by Crippen LogP contribution is 2.45. The van der Waals surface area contributed by atoms with Gasteiger partial charge >= 0.3 is 5.97 Å². The number of epoxide rings is 1. The van der Waals surface area contributed by atoms with Gasteiger partial charge in [-0.3, -0.25) is 4.79 Å². The van der Waals surface area contributed by atoms with E-state index in [1.165, 1.54) is 18.2 Å². The molecule has 5 atom stereocenters. The Labute approximate surface area is 155 Å². The number of fused-ring (bicyclic) bond motifs is 3. The van der Waals surface area contributed by atoms with Gasteiger partial charge in [0.2, 0.25) is 0 Å². The van der Waals surface area contributed by atoms with E-state index in [9.17, 15) is 24.9 Å². The molecule has 1 aromatic carbocycles. The standard InChI is InChI=1S/C19H21NO7/c1-9-3-2-4-13(22)17(24)14(23)7-15-18(27-15)12-6-11(21)5-10(8-20)16(12)19(25)26-9/h2,4-6,8-9,14-15,17-18,20-21,23-24H,3,7H2,1H3/b4-2-,20-8?/t9-,14-,15+,17+,18+/m0/s1. The number of esters is 1. The zero-order chi connectivity index (χ0) is 19.7. The third kappa shape index (κ3) is 4.08. The number of carbonyl (C=O) groups excluding carboxylic acids is 2. The monoisotopic (exact) mass is 375 g/mol. The molecule has 0 spiro atoms. The maximum absolute atomic E-state index is 12.7. The molecule has 2 aliphatic rings. The van der Waals surface area contributed by atoms with Crippen molar-refractivity contribution in [1.29, 1.82) is 5.41 Å². The molecule has 1 fully saturated rings. The number of aliphatic hydroxyl groups excluding tert-OH is 2. The van der Waals surface area contributed by atoms with Gasteiger partial charge in [-0.2, -0.15) is 0 Å². The maximum atomic E-state index is 12.7. The Kier molecular flexibility index (Phi) is 5.41. The number of phenols is 1. The zero-order valence-corrected chi connectivity index (χ0v) is 14.7. The molecule has 0 radical (unpaired) electrons. The number of phenolic OH excluding ortho intramolecular Hbond substituents is 1. The highest BCUT2D eigenvalue weighted by Gasteiger charge is 2.45. The lowest BCUT2D eigenvalue weighted by molar-refractivity contribution is -0.128. The van der Waals surface area contributed by atoms with Gasteiger partial charge in [-0.1, -0.05) is 6.08 Å².